The predicted molar refractivity (Wildman–Crippen MR) is 129 cm³/mol. The second-order valence-corrected chi connectivity index (χ2v) is 9.79. The van der Waals surface area contributed by atoms with Crippen LogP contribution < -0.4 is 15.8 Å². The third-order valence-corrected chi connectivity index (χ3v) is 7.02. The van der Waals surface area contributed by atoms with Crippen molar-refractivity contribution in [3.63, 3.8) is 0 Å². The van der Waals surface area contributed by atoms with Crippen LogP contribution in [0.25, 0.3) is 16.8 Å². The van der Waals surface area contributed by atoms with Gasteiger partial charge in [0, 0.05) is 30.9 Å². The van der Waals surface area contributed by atoms with Crippen molar-refractivity contribution in [2.45, 2.75) is 44.1 Å². The number of ether oxygens (including phenoxy) is 1. The summed E-state index contributed by atoms with van der Waals surface area (Å²) in [7, 11) is 0. The normalized spacial score (nSPS) is 20.9. The van der Waals surface area contributed by atoms with Crippen molar-refractivity contribution in [3.05, 3.63) is 41.7 Å². The summed E-state index contributed by atoms with van der Waals surface area (Å²) in [5.74, 6) is -5.50. The molecular formula is C25H24F6N6O3. The minimum Gasteiger partial charge on any atom is -0.493 e. The van der Waals surface area contributed by atoms with Crippen LogP contribution in [0.1, 0.15) is 35.7 Å². The average Bonchev–Trinajstić information content (AvgIpc) is 3.44. The lowest BCUT2D eigenvalue weighted by Crippen LogP contribution is -2.47. The minimum atomic E-state index is -4.77. The van der Waals surface area contributed by atoms with Crippen molar-refractivity contribution in [2.24, 2.45) is 5.92 Å². The molecule has 3 N–H and O–H groups in total. The number of hydrogen-bond donors (Lipinski definition) is 2. The first kappa shape index (κ1) is 27.5. The van der Waals surface area contributed by atoms with E-state index in [1.807, 2.05) is 0 Å². The van der Waals surface area contributed by atoms with Gasteiger partial charge >= 0.3 is 6.18 Å². The van der Waals surface area contributed by atoms with Crippen LogP contribution in [0.2, 0.25) is 0 Å². The van der Waals surface area contributed by atoms with Gasteiger partial charge in [-0.05, 0) is 31.2 Å². The lowest BCUT2D eigenvalue weighted by Gasteiger charge is -2.36. The number of nitrogens with two attached hydrogens (primary N) is 1. The molecule has 3 aromatic rings. The van der Waals surface area contributed by atoms with Gasteiger partial charge < -0.3 is 20.7 Å². The van der Waals surface area contributed by atoms with Crippen LogP contribution in [0.4, 0.5) is 32.2 Å². The maximum absolute atomic E-state index is 14.8. The number of alkyl halides is 6. The molecule has 1 saturated carbocycles. The molecule has 5 rings (SSSR count). The number of anilines is 1. The molecule has 0 bridgehead atoms. The first-order valence-electron chi connectivity index (χ1n) is 12.4. The molecule has 40 heavy (non-hydrogen) atoms. The number of carbonyl (C=O) groups is 2. The van der Waals surface area contributed by atoms with Gasteiger partial charge in [-0.25, -0.2) is 22.7 Å². The van der Waals surface area contributed by atoms with E-state index in [-0.39, 0.29) is 42.3 Å². The number of nitrogens with zero attached hydrogens (tertiary/aromatic N) is 4. The number of aromatic nitrogens is 3. The van der Waals surface area contributed by atoms with Gasteiger partial charge in [0.05, 0.1) is 36.0 Å². The van der Waals surface area contributed by atoms with Gasteiger partial charge in [-0.2, -0.15) is 18.3 Å². The fraction of sp³-hybridized carbons (Fsp3) is 0.440. The fourth-order valence-corrected chi connectivity index (χ4v) is 5.06. The zero-order valence-corrected chi connectivity index (χ0v) is 21.0. The molecule has 0 spiro atoms. The Kier molecular flexibility index (Phi) is 6.78. The Morgan fingerprint density at radius 1 is 1.20 bits per heavy atom. The molecular weight excluding hydrogens is 546 g/mol. The molecule has 1 saturated heterocycles. The second kappa shape index (κ2) is 9.86. The van der Waals surface area contributed by atoms with Crippen LogP contribution in [0.15, 0.2) is 30.6 Å². The predicted octanol–water partition coefficient (Wildman–Crippen LogP) is 3.72. The molecule has 3 heterocycles. The highest BCUT2D eigenvalue weighted by Gasteiger charge is 2.51. The van der Waals surface area contributed by atoms with Crippen molar-refractivity contribution in [2.75, 3.05) is 25.4 Å². The van der Waals surface area contributed by atoms with Crippen molar-refractivity contribution < 1.29 is 40.7 Å². The largest absolute Gasteiger partial charge is 0.493 e. The number of nitrogen functional groups attached to an aromatic ring is 1. The third-order valence-electron chi connectivity index (χ3n) is 7.02. The van der Waals surface area contributed by atoms with E-state index >= 15 is 0 Å². The molecule has 1 aliphatic carbocycles. The number of nitrogens with one attached hydrogen (secondary N) is 1. The quantitative estimate of drug-likeness (QED) is 0.437. The van der Waals surface area contributed by atoms with E-state index in [1.165, 1.54) is 18.2 Å². The maximum atomic E-state index is 14.8. The Labute approximate surface area is 223 Å². The van der Waals surface area contributed by atoms with Crippen LogP contribution in [-0.2, 0) is 11.0 Å². The van der Waals surface area contributed by atoms with Gasteiger partial charge in [-0.15, -0.1) is 0 Å². The van der Waals surface area contributed by atoms with Gasteiger partial charge in [0.1, 0.15) is 23.8 Å². The number of hydrogen-bond acceptors (Lipinski definition) is 6. The monoisotopic (exact) mass is 570 g/mol. The van der Waals surface area contributed by atoms with Gasteiger partial charge in [0.2, 0.25) is 11.8 Å². The van der Waals surface area contributed by atoms with Crippen LogP contribution >= 0.6 is 0 Å². The number of rotatable bonds is 6. The van der Waals surface area contributed by atoms with Gasteiger partial charge in [-0.3, -0.25) is 9.59 Å². The third kappa shape index (κ3) is 4.99. The summed E-state index contributed by atoms with van der Waals surface area (Å²) in [6, 6.07) is 3.80. The van der Waals surface area contributed by atoms with E-state index in [9.17, 15) is 35.9 Å². The molecule has 2 amide bonds. The van der Waals surface area contributed by atoms with E-state index in [0.717, 1.165) is 21.8 Å². The van der Waals surface area contributed by atoms with E-state index in [4.69, 9.17) is 10.5 Å². The van der Waals surface area contributed by atoms with Crippen LogP contribution in [0, 0.1) is 5.92 Å². The van der Waals surface area contributed by atoms with Crippen molar-refractivity contribution in [3.8, 4) is 17.0 Å². The van der Waals surface area contributed by atoms with E-state index in [1.54, 1.807) is 6.92 Å². The topological polar surface area (TPSA) is 115 Å². The van der Waals surface area contributed by atoms with Crippen molar-refractivity contribution >= 4 is 23.1 Å². The first-order chi connectivity index (χ1) is 18.8. The van der Waals surface area contributed by atoms with Gasteiger partial charge in [-0.1, -0.05) is 0 Å². The Morgan fingerprint density at radius 3 is 2.58 bits per heavy atom. The lowest BCUT2D eigenvalue weighted by atomic mass is 9.80. The van der Waals surface area contributed by atoms with E-state index in [2.05, 4.69) is 15.4 Å². The Bertz CT molecular complexity index is 1470. The highest BCUT2D eigenvalue weighted by molar-refractivity contribution is 5.98. The molecule has 2 aliphatic rings. The molecule has 2 aromatic heterocycles. The summed E-state index contributed by atoms with van der Waals surface area (Å²) >= 11 is 0. The van der Waals surface area contributed by atoms with Crippen molar-refractivity contribution in [1.29, 1.82) is 0 Å². The van der Waals surface area contributed by atoms with Gasteiger partial charge in [0.25, 0.3) is 5.91 Å². The molecule has 9 nitrogen and oxygen atoms in total. The summed E-state index contributed by atoms with van der Waals surface area (Å²) in [5.41, 5.74) is 4.21. The molecule has 214 valence electrons. The molecule has 15 heteroatoms. The fourth-order valence-electron chi connectivity index (χ4n) is 5.06. The summed E-state index contributed by atoms with van der Waals surface area (Å²) in [6.45, 7) is 1.24. The molecule has 1 aliphatic heterocycles. The maximum Gasteiger partial charge on any atom is 0.418 e. The Balaban J connectivity index is 1.43. The summed E-state index contributed by atoms with van der Waals surface area (Å²) in [5, 5.41) is 6.40. The molecule has 0 radical (unpaired) electrons. The van der Waals surface area contributed by atoms with Crippen LogP contribution in [0.3, 0.4) is 0 Å². The Morgan fingerprint density at radius 2 is 1.93 bits per heavy atom. The molecule has 2 atom stereocenters. The van der Waals surface area contributed by atoms with Crippen LogP contribution in [0.5, 0.6) is 5.75 Å². The summed E-state index contributed by atoms with van der Waals surface area (Å²) in [4.78, 5) is 30.5. The molecule has 0 unspecified atom stereocenters. The number of carbonyl (C=O) groups excluding carboxylic acids is 2. The Hall–Kier alpha value is -4.04. The number of halogens is 6. The number of fused-ring (bicyclic) bond motifs is 1. The first-order valence-corrected chi connectivity index (χ1v) is 12.4. The SMILES string of the molecule is CCOc1ccc(-c2cc(C(F)(F)F)c3c(N)ncnn23)cc1C(=O)N[C@@H]1CN(C(=O)C2CC(F)(F)C2)C[C@@H]1F. The average molecular weight is 570 g/mol. The van der Waals surface area contributed by atoms with Crippen LogP contribution in [-0.4, -0.2) is 69.1 Å². The lowest BCUT2D eigenvalue weighted by molar-refractivity contribution is -0.159. The number of likely N-dealkylation sites (tertiary alicyclic amines) is 1. The number of benzene rings is 1. The van der Waals surface area contributed by atoms with E-state index < -0.39 is 71.8 Å². The van der Waals surface area contributed by atoms with Gasteiger partial charge in [0.15, 0.2) is 5.82 Å². The smallest absolute Gasteiger partial charge is 0.418 e. The number of amides is 2. The highest BCUT2D eigenvalue weighted by Crippen LogP contribution is 2.44. The van der Waals surface area contributed by atoms with Crippen molar-refractivity contribution in [1.82, 2.24) is 24.8 Å². The second-order valence-electron chi connectivity index (χ2n) is 9.79. The standard InChI is InChI=1S/C25H24F6N6O3/c1-2-40-19-4-3-12(18-6-15(25(29,30)31)20-21(32)33-11-34-37(18)20)5-14(19)22(38)35-17-10-36(9-16(17)26)23(39)13-7-24(27,28)8-13/h3-6,11,13,16-17H,2,7-10H2,1H3,(H,35,38)(H2,32,33,34)/t16-,17+/m0/s1. The van der Waals surface area contributed by atoms with E-state index in [0.29, 0.717) is 0 Å². The minimum absolute atomic E-state index is 0.0353. The molecule has 2 fully saturated rings. The molecule has 1 aromatic carbocycles. The zero-order valence-electron chi connectivity index (χ0n) is 21.0. The highest BCUT2D eigenvalue weighted by atomic mass is 19.4. The zero-order chi connectivity index (χ0) is 29.0. The summed E-state index contributed by atoms with van der Waals surface area (Å²) in [6.07, 6.45) is -6.63. The summed E-state index contributed by atoms with van der Waals surface area (Å²) < 4.78 is 88.9.